The standard InChI is InChI=1S/C23H28ClN3/c1-2-3-4-8-15-21(25-16-19-13-9-10-14-20(19)24)23-26-17-22(27-23)18-11-6-5-7-12-18/h5-7,9-14,17,21,25H,2-4,8,15-16H2,1H3,(H,26,27)/t21-/m1/s1. The highest BCUT2D eigenvalue weighted by Crippen LogP contribution is 2.24. The number of H-pyrrole nitrogens is 1. The van der Waals surface area contributed by atoms with Gasteiger partial charge in [0.2, 0.25) is 0 Å². The Kier molecular flexibility index (Phi) is 7.49. The molecule has 0 radical (unpaired) electrons. The molecule has 0 bridgehead atoms. The van der Waals surface area contributed by atoms with E-state index in [1.807, 2.05) is 42.6 Å². The van der Waals surface area contributed by atoms with E-state index in [0.29, 0.717) is 0 Å². The van der Waals surface area contributed by atoms with Crippen LogP contribution in [-0.4, -0.2) is 9.97 Å². The van der Waals surface area contributed by atoms with Crippen LogP contribution in [0.4, 0.5) is 0 Å². The van der Waals surface area contributed by atoms with Gasteiger partial charge >= 0.3 is 0 Å². The smallest absolute Gasteiger partial charge is 0.123 e. The van der Waals surface area contributed by atoms with E-state index in [1.165, 1.54) is 25.7 Å². The number of nitrogens with zero attached hydrogens (tertiary/aromatic N) is 1. The van der Waals surface area contributed by atoms with E-state index < -0.39 is 0 Å². The molecule has 2 aromatic carbocycles. The first-order valence-electron chi connectivity index (χ1n) is 9.85. The first-order chi connectivity index (χ1) is 13.3. The van der Waals surface area contributed by atoms with Crippen LogP contribution in [0.15, 0.2) is 60.8 Å². The lowest BCUT2D eigenvalue weighted by molar-refractivity contribution is 0.453. The number of hydrogen-bond donors (Lipinski definition) is 2. The molecule has 0 aliphatic heterocycles. The number of hydrogen-bond acceptors (Lipinski definition) is 2. The first-order valence-corrected chi connectivity index (χ1v) is 10.2. The summed E-state index contributed by atoms with van der Waals surface area (Å²) in [5, 5.41) is 4.46. The maximum atomic E-state index is 6.32. The van der Waals surface area contributed by atoms with Gasteiger partial charge in [0.05, 0.1) is 17.9 Å². The lowest BCUT2D eigenvalue weighted by atomic mass is 10.1. The maximum absolute atomic E-state index is 6.32. The van der Waals surface area contributed by atoms with Crippen molar-refractivity contribution in [2.45, 2.75) is 51.6 Å². The van der Waals surface area contributed by atoms with Crippen LogP contribution in [0.5, 0.6) is 0 Å². The normalized spacial score (nSPS) is 12.2. The Labute approximate surface area is 167 Å². The van der Waals surface area contributed by atoms with E-state index in [9.17, 15) is 0 Å². The minimum Gasteiger partial charge on any atom is -0.341 e. The number of imidazole rings is 1. The third kappa shape index (κ3) is 5.69. The van der Waals surface area contributed by atoms with Crippen molar-refractivity contribution in [2.75, 3.05) is 0 Å². The zero-order chi connectivity index (χ0) is 18.9. The molecule has 0 fully saturated rings. The number of benzene rings is 2. The van der Waals surface area contributed by atoms with Gasteiger partial charge in [-0.25, -0.2) is 4.98 Å². The largest absolute Gasteiger partial charge is 0.341 e. The second-order valence-corrected chi connectivity index (χ2v) is 7.33. The molecule has 3 aromatic rings. The van der Waals surface area contributed by atoms with Gasteiger partial charge in [0, 0.05) is 11.6 Å². The minimum atomic E-state index is 0.190. The first kappa shape index (κ1) is 19.7. The number of aromatic amines is 1. The lowest BCUT2D eigenvalue weighted by Crippen LogP contribution is -2.22. The SMILES string of the molecule is CCCCCC[C@@H](NCc1ccccc1Cl)c1ncc(-c2ccccc2)[nH]1. The molecule has 3 nitrogen and oxygen atoms in total. The highest BCUT2D eigenvalue weighted by atomic mass is 35.5. The predicted octanol–water partition coefficient (Wildman–Crippen LogP) is 6.53. The Morgan fingerprint density at radius 2 is 1.78 bits per heavy atom. The summed E-state index contributed by atoms with van der Waals surface area (Å²) in [5.41, 5.74) is 3.34. The van der Waals surface area contributed by atoms with Crippen molar-refractivity contribution in [3.63, 3.8) is 0 Å². The Morgan fingerprint density at radius 3 is 2.56 bits per heavy atom. The van der Waals surface area contributed by atoms with E-state index in [2.05, 4.69) is 40.4 Å². The summed E-state index contributed by atoms with van der Waals surface area (Å²) in [6.45, 7) is 2.98. The fourth-order valence-corrected chi connectivity index (χ4v) is 3.47. The van der Waals surface area contributed by atoms with Crippen molar-refractivity contribution in [1.29, 1.82) is 0 Å². The summed E-state index contributed by atoms with van der Waals surface area (Å²) in [4.78, 5) is 8.19. The van der Waals surface area contributed by atoms with Crippen LogP contribution in [0.3, 0.4) is 0 Å². The van der Waals surface area contributed by atoms with E-state index in [1.54, 1.807) is 0 Å². The molecule has 1 aromatic heterocycles. The molecule has 1 heterocycles. The third-order valence-corrected chi connectivity index (χ3v) is 5.22. The fourth-order valence-electron chi connectivity index (χ4n) is 3.26. The summed E-state index contributed by atoms with van der Waals surface area (Å²) in [7, 11) is 0. The fraction of sp³-hybridized carbons (Fsp3) is 0.348. The number of halogens is 1. The molecule has 0 unspecified atom stereocenters. The Balaban J connectivity index is 1.71. The van der Waals surface area contributed by atoms with E-state index in [4.69, 9.17) is 11.6 Å². The van der Waals surface area contributed by atoms with Crippen LogP contribution in [-0.2, 0) is 6.54 Å². The highest BCUT2D eigenvalue weighted by molar-refractivity contribution is 6.31. The minimum absolute atomic E-state index is 0.190. The molecule has 27 heavy (non-hydrogen) atoms. The summed E-state index contributed by atoms with van der Waals surface area (Å²) < 4.78 is 0. The number of unbranched alkanes of at least 4 members (excludes halogenated alkanes) is 3. The number of rotatable bonds is 10. The highest BCUT2D eigenvalue weighted by Gasteiger charge is 2.15. The van der Waals surface area contributed by atoms with Gasteiger partial charge in [0.15, 0.2) is 0 Å². The van der Waals surface area contributed by atoms with Crippen LogP contribution in [0.25, 0.3) is 11.3 Å². The zero-order valence-electron chi connectivity index (χ0n) is 15.9. The van der Waals surface area contributed by atoms with Gasteiger partial charge in [0.25, 0.3) is 0 Å². The molecule has 0 aliphatic rings. The Morgan fingerprint density at radius 1 is 1.00 bits per heavy atom. The number of aromatic nitrogens is 2. The second-order valence-electron chi connectivity index (χ2n) is 6.92. The maximum Gasteiger partial charge on any atom is 0.123 e. The summed E-state index contributed by atoms with van der Waals surface area (Å²) in [5.74, 6) is 0.998. The summed E-state index contributed by atoms with van der Waals surface area (Å²) in [6.07, 6.45) is 7.97. The number of nitrogens with one attached hydrogen (secondary N) is 2. The molecule has 0 aliphatic carbocycles. The van der Waals surface area contributed by atoms with E-state index >= 15 is 0 Å². The van der Waals surface area contributed by atoms with Gasteiger partial charge in [0.1, 0.15) is 5.82 Å². The molecule has 4 heteroatoms. The molecule has 2 N–H and O–H groups in total. The molecular formula is C23H28ClN3. The molecule has 3 rings (SSSR count). The van der Waals surface area contributed by atoms with Crippen molar-refractivity contribution in [2.24, 2.45) is 0 Å². The zero-order valence-corrected chi connectivity index (χ0v) is 16.7. The lowest BCUT2D eigenvalue weighted by Gasteiger charge is -2.17. The average molecular weight is 382 g/mol. The van der Waals surface area contributed by atoms with Crippen LogP contribution in [0, 0.1) is 0 Å². The molecule has 0 amide bonds. The molecular weight excluding hydrogens is 354 g/mol. The van der Waals surface area contributed by atoms with E-state index in [0.717, 1.165) is 40.6 Å². The van der Waals surface area contributed by atoms with Gasteiger partial charge in [-0.05, 0) is 23.6 Å². The molecule has 0 saturated heterocycles. The molecule has 0 spiro atoms. The van der Waals surface area contributed by atoms with Gasteiger partial charge in [-0.1, -0.05) is 92.7 Å². The van der Waals surface area contributed by atoms with Crippen LogP contribution in [0.1, 0.15) is 56.5 Å². The average Bonchev–Trinajstić information content (AvgIpc) is 3.19. The van der Waals surface area contributed by atoms with Gasteiger partial charge < -0.3 is 10.3 Å². The van der Waals surface area contributed by atoms with Crippen molar-refractivity contribution in [3.05, 3.63) is 77.2 Å². The Hall–Kier alpha value is -2.10. The van der Waals surface area contributed by atoms with Crippen LogP contribution >= 0.6 is 11.6 Å². The van der Waals surface area contributed by atoms with E-state index in [-0.39, 0.29) is 6.04 Å². The van der Waals surface area contributed by atoms with Crippen molar-refractivity contribution < 1.29 is 0 Å². The Bertz CT molecular complexity index is 813. The predicted molar refractivity (Wildman–Crippen MR) is 114 cm³/mol. The third-order valence-electron chi connectivity index (χ3n) is 4.85. The summed E-state index contributed by atoms with van der Waals surface area (Å²) in [6, 6.07) is 18.5. The van der Waals surface area contributed by atoms with Crippen molar-refractivity contribution in [3.8, 4) is 11.3 Å². The van der Waals surface area contributed by atoms with Gasteiger partial charge in [-0.15, -0.1) is 0 Å². The molecule has 1 atom stereocenters. The monoisotopic (exact) mass is 381 g/mol. The molecule has 0 saturated carbocycles. The molecule has 142 valence electrons. The van der Waals surface area contributed by atoms with Gasteiger partial charge in [-0.2, -0.15) is 0 Å². The van der Waals surface area contributed by atoms with Crippen molar-refractivity contribution in [1.82, 2.24) is 15.3 Å². The van der Waals surface area contributed by atoms with Crippen LogP contribution in [0.2, 0.25) is 5.02 Å². The topological polar surface area (TPSA) is 40.7 Å². The second kappa shape index (κ2) is 10.3. The quantitative estimate of drug-likeness (QED) is 0.392. The summed E-state index contributed by atoms with van der Waals surface area (Å²) >= 11 is 6.32. The van der Waals surface area contributed by atoms with Crippen molar-refractivity contribution >= 4 is 11.6 Å². The van der Waals surface area contributed by atoms with Crippen LogP contribution < -0.4 is 5.32 Å². The van der Waals surface area contributed by atoms with Gasteiger partial charge in [-0.3, -0.25) is 0 Å².